The molecule has 5 nitrogen and oxygen atoms in total. The van der Waals surface area contributed by atoms with E-state index in [9.17, 15) is 0 Å². The van der Waals surface area contributed by atoms with Crippen LogP contribution in [0.3, 0.4) is 0 Å². The Balaban J connectivity index is 0.000000349. The minimum absolute atomic E-state index is 0.678. The highest BCUT2D eigenvalue weighted by atomic mass is 31.2. The van der Waals surface area contributed by atoms with Gasteiger partial charge < -0.3 is 19.4 Å². The summed E-state index contributed by atoms with van der Waals surface area (Å²) in [7, 11) is -4.64. The molecule has 0 spiro atoms. The minimum atomic E-state index is -4.64. The summed E-state index contributed by atoms with van der Waals surface area (Å²) in [4.78, 5) is 21.6. The van der Waals surface area contributed by atoms with Crippen molar-refractivity contribution in [3.8, 4) is 0 Å². The van der Waals surface area contributed by atoms with Gasteiger partial charge in [0.1, 0.15) is 6.61 Å². The second kappa shape index (κ2) is 8.10. The number of hydrogen-bond donors (Lipinski definition) is 3. The standard InChI is InChI=1S/C20H24O.H3O4P/c1-2-14-4-3-5-15(6-14)12-21-13-20-18-8-16-7-17(10-18)11-19(20)9-16;1-5(2,3)4/h2-6,13,16-19H,1,7-12H2;(H3,1,2,3,4). The minimum Gasteiger partial charge on any atom is -0.497 e. The van der Waals surface area contributed by atoms with E-state index in [1.54, 1.807) is 5.57 Å². The van der Waals surface area contributed by atoms with E-state index in [-0.39, 0.29) is 0 Å². The van der Waals surface area contributed by atoms with Crippen LogP contribution in [-0.4, -0.2) is 14.7 Å². The molecule has 0 aliphatic heterocycles. The van der Waals surface area contributed by atoms with Crippen LogP contribution in [0.2, 0.25) is 0 Å². The van der Waals surface area contributed by atoms with Crippen LogP contribution >= 0.6 is 7.82 Å². The van der Waals surface area contributed by atoms with Crippen molar-refractivity contribution in [1.29, 1.82) is 0 Å². The van der Waals surface area contributed by atoms with Crippen molar-refractivity contribution < 1.29 is 24.0 Å². The molecular formula is C20H27O5P. The quantitative estimate of drug-likeness (QED) is 0.538. The van der Waals surface area contributed by atoms with Crippen LogP contribution in [-0.2, 0) is 15.9 Å². The molecule has 1 aromatic rings. The third-order valence-corrected chi connectivity index (χ3v) is 5.74. The van der Waals surface area contributed by atoms with Crippen molar-refractivity contribution in [3.05, 3.63) is 53.8 Å². The summed E-state index contributed by atoms with van der Waals surface area (Å²) in [6, 6.07) is 8.43. The van der Waals surface area contributed by atoms with E-state index in [1.165, 1.54) is 43.2 Å². The van der Waals surface area contributed by atoms with Crippen LogP contribution in [0.25, 0.3) is 6.08 Å². The molecule has 0 radical (unpaired) electrons. The van der Waals surface area contributed by atoms with Crippen LogP contribution in [0, 0.1) is 23.7 Å². The first-order chi connectivity index (χ1) is 12.3. The molecule has 4 fully saturated rings. The number of rotatable bonds is 4. The van der Waals surface area contributed by atoms with Gasteiger partial charge in [0.05, 0.1) is 6.26 Å². The third-order valence-electron chi connectivity index (χ3n) is 5.74. The fourth-order valence-electron chi connectivity index (χ4n) is 4.96. The predicted molar refractivity (Wildman–Crippen MR) is 101 cm³/mol. The highest BCUT2D eigenvalue weighted by molar-refractivity contribution is 7.45. The average Bonchev–Trinajstić information content (AvgIpc) is 2.55. The van der Waals surface area contributed by atoms with Gasteiger partial charge in [0, 0.05) is 0 Å². The van der Waals surface area contributed by atoms with Crippen molar-refractivity contribution in [2.45, 2.75) is 38.7 Å². The molecule has 0 aromatic heterocycles. The SMILES string of the molecule is C=Cc1cccc(COC=C2C3CC4CC(C3)CC2C4)c1.O=P(O)(O)O. The van der Waals surface area contributed by atoms with Gasteiger partial charge in [0.2, 0.25) is 0 Å². The lowest BCUT2D eigenvalue weighted by atomic mass is 9.54. The van der Waals surface area contributed by atoms with Crippen molar-refractivity contribution in [1.82, 2.24) is 0 Å². The van der Waals surface area contributed by atoms with E-state index in [0.29, 0.717) is 6.61 Å². The predicted octanol–water partition coefficient (Wildman–Crippen LogP) is 4.26. The molecule has 3 N–H and O–H groups in total. The molecule has 4 bridgehead atoms. The molecule has 4 saturated carbocycles. The van der Waals surface area contributed by atoms with Crippen molar-refractivity contribution in [3.63, 3.8) is 0 Å². The number of ether oxygens (including phenoxy) is 1. The van der Waals surface area contributed by atoms with Gasteiger partial charge in [-0.3, -0.25) is 0 Å². The van der Waals surface area contributed by atoms with E-state index in [2.05, 4.69) is 37.1 Å². The van der Waals surface area contributed by atoms with Gasteiger partial charge in [-0.2, -0.15) is 0 Å². The van der Waals surface area contributed by atoms with Crippen LogP contribution in [0.4, 0.5) is 0 Å². The molecule has 0 saturated heterocycles. The largest absolute Gasteiger partial charge is 0.497 e. The summed E-state index contributed by atoms with van der Waals surface area (Å²) >= 11 is 0. The molecule has 1 aromatic carbocycles. The molecule has 0 heterocycles. The van der Waals surface area contributed by atoms with Crippen LogP contribution in [0.5, 0.6) is 0 Å². The summed E-state index contributed by atoms with van der Waals surface area (Å²) in [5.41, 5.74) is 4.02. The monoisotopic (exact) mass is 378 g/mol. The van der Waals surface area contributed by atoms with Gasteiger partial charge >= 0.3 is 7.82 Å². The summed E-state index contributed by atoms with van der Waals surface area (Å²) in [6.07, 6.45) is 11.2. The number of benzene rings is 1. The molecule has 5 rings (SSSR count). The first-order valence-electron chi connectivity index (χ1n) is 9.13. The van der Waals surface area contributed by atoms with Gasteiger partial charge in [0.15, 0.2) is 0 Å². The van der Waals surface area contributed by atoms with E-state index in [1.807, 2.05) is 6.08 Å². The topological polar surface area (TPSA) is 87.0 Å². The lowest BCUT2D eigenvalue weighted by molar-refractivity contribution is 0.0632. The molecule has 0 atom stereocenters. The Hall–Kier alpha value is -1.39. The molecule has 142 valence electrons. The zero-order chi connectivity index (χ0) is 18.7. The second-order valence-corrected chi connectivity index (χ2v) is 8.72. The Morgan fingerprint density at radius 3 is 2.19 bits per heavy atom. The second-order valence-electron chi connectivity index (χ2n) is 7.70. The Kier molecular flexibility index (Phi) is 6.03. The Bertz CT molecular complexity index is 682. The van der Waals surface area contributed by atoms with E-state index >= 15 is 0 Å². The molecule has 0 amide bonds. The Morgan fingerprint density at radius 2 is 1.65 bits per heavy atom. The van der Waals surface area contributed by atoms with Crippen LogP contribution < -0.4 is 0 Å². The number of phosphoric acid groups is 1. The number of hydrogen-bond acceptors (Lipinski definition) is 2. The van der Waals surface area contributed by atoms with Gasteiger partial charge in [0.25, 0.3) is 0 Å². The summed E-state index contributed by atoms with van der Waals surface area (Å²) in [6.45, 7) is 4.50. The smallest absolute Gasteiger partial charge is 0.466 e. The third kappa shape index (κ3) is 5.31. The molecule has 4 aliphatic carbocycles. The maximum atomic E-state index is 8.88. The van der Waals surface area contributed by atoms with E-state index in [0.717, 1.165) is 23.7 Å². The average molecular weight is 378 g/mol. The zero-order valence-corrected chi connectivity index (χ0v) is 15.7. The van der Waals surface area contributed by atoms with Crippen molar-refractivity contribution in [2.24, 2.45) is 23.7 Å². The Labute approximate surface area is 154 Å². The lowest BCUT2D eigenvalue weighted by Crippen LogP contribution is -2.40. The van der Waals surface area contributed by atoms with Crippen LogP contribution in [0.15, 0.2) is 42.7 Å². The maximum Gasteiger partial charge on any atom is 0.466 e. The highest BCUT2D eigenvalue weighted by Crippen LogP contribution is 2.56. The van der Waals surface area contributed by atoms with Crippen molar-refractivity contribution in [2.75, 3.05) is 0 Å². The number of allylic oxidation sites excluding steroid dienone is 1. The van der Waals surface area contributed by atoms with Gasteiger partial charge in [-0.25, -0.2) is 4.57 Å². The molecular weight excluding hydrogens is 351 g/mol. The molecule has 26 heavy (non-hydrogen) atoms. The lowest BCUT2D eigenvalue weighted by Gasteiger charge is -2.51. The summed E-state index contributed by atoms with van der Waals surface area (Å²) < 4.78 is 14.8. The normalized spacial score (nSPS) is 29.0. The fraction of sp³-hybridized carbons (Fsp3) is 0.500. The Morgan fingerprint density at radius 1 is 1.08 bits per heavy atom. The van der Waals surface area contributed by atoms with Gasteiger partial charge in [-0.05, 0) is 78.5 Å². The first kappa shape index (κ1) is 19.4. The molecule has 0 unspecified atom stereocenters. The van der Waals surface area contributed by atoms with Gasteiger partial charge in [-0.15, -0.1) is 0 Å². The zero-order valence-electron chi connectivity index (χ0n) is 14.8. The molecule has 6 heteroatoms. The summed E-state index contributed by atoms with van der Waals surface area (Å²) in [5, 5.41) is 0. The van der Waals surface area contributed by atoms with Crippen LogP contribution in [0.1, 0.15) is 43.2 Å². The van der Waals surface area contributed by atoms with Gasteiger partial charge in [-0.1, -0.05) is 30.9 Å². The van der Waals surface area contributed by atoms with E-state index < -0.39 is 7.82 Å². The first-order valence-corrected chi connectivity index (χ1v) is 10.7. The molecule has 4 aliphatic rings. The maximum absolute atomic E-state index is 8.88. The highest BCUT2D eigenvalue weighted by Gasteiger charge is 2.45. The van der Waals surface area contributed by atoms with E-state index in [4.69, 9.17) is 24.0 Å². The summed E-state index contributed by atoms with van der Waals surface area (Å²) in [5.74, 6) is 3.71. The van der Waals surface area contributed by atoms with Crippen molar-refractivity contribution >= 4 is 13.9 Å². The fourth-order valence-corrected chi connectivity index (χ4v) is 4.96.